The van der Waals surface area contributed by atoms with Gasteiger partial charge in [-0.25, -0.2) is 9.59 Å². The molecule has 0 radical (unpaired) electrons. The molecule has 0 spiro atoms. The van der Waals surface area contributed by atoms with Gasteiger partial charge in [0.25, 0.3) is 0 Å². The maximum Gasteiger partial charge on any atom is 0.411 e. The van der Waals surface area contributed by atoms with Crippen molar-refractivity contribution in [2.24, 2.45) is 11.7 Å². The Kier molecular flexibility index (Phi) is 7.64. The first-order chi connectivity index (χ1) is 14.9. The normalized spacial score (nSPS) is 17.0. The van der Waals surface area contributed by atoms with Crippen LogP contribution in [0.5, 0.6) is 0 Å². The van der Waals surface area contributed by atoms with Gasteiger partial charge in [-0.05, 0) is 48.9 Å². The molecule has 1 aromatic heterocycles. The third kappa shape index (κ3) is 5.83. The van der Waals surface area contributed by atoms with Crippen molar-refractivity contribution in [3.63, 3.8) is 0 Å². The number of amides is 3. The number of nitrogens with two attached hydrogens (primary N) is 1. The lowest BCUT2D eigenvalue weighted by Crippen LogP contribution is -2.44. The van der Waals surface area contributed by atoms with Gasteiger partial charge < -0.3 is 20.7 Å². The van der Waals surface area contributed by atoms with E-state index in [4.69, 9.17) is 17.3 Å². The molecule has 10 heteroatoms. The van der Waals surface area contributed by atoms with E-state index in [0.29, 0.717) is 35.8 Å². The molecule has 0 aliphatic carbocycles. The second kappa shape index (κ2) is 10.4. The van der Waals surface area contributed by atoms with Crippen LogP contribution in [-0.2, 0) is 4.74 Å². The van der Waals surface area contributed by atoms with Crippen molar-refractivity contribution in [3.05, 3.63) is 41.2 Å². The molecule has 31 heavy (non-hydrogen) atoms. The van der Waals surface area contributed by atoms with Gasteiger partial charge in [-0.15, -0.1) is 5.10 Å². The number of halogens is 1. The zero-order chi connectivity index (χ0) is 22.4. The standard InChI is InChI=1S/C21H27ClN6O3/c1-24-20(29)28-9-3-4-13(12-28)10-17(23)18-11-16(19(22)27-26-18)14-5-7-15(8-6-14)25-21(30)31-2/h5-8,11,13,17H,3-4,9-10,12,23H2,1-2H3,(H,24,29)(H,25,30)/t13?,17-/m0/s1. The van der Waals surface area contributed by atoms with Crippen LogP contribution in [0.2, 0.25) is 5.15 Å². The number of ether oxygens (including phenoxy) is 1. The SMILES string of the molecule is CNC(=O)N1CCCC(C[C@H](N)c2cc(-c3ccc(NC(=O)OC)cc3)c(Cl)nn2)C1. The van der Waals surface area contributed by atoms with Crippen LogP contribution < -0.4 is 16.4 Å². The molecule has 1 saturated heterocycles. The number of carbonyl (C=O) groups is 2. The molecule has 0 saturated carbocycles. The van der Waals surface area contributed by atoms with Crippen molar-refractivity contribution in [1.82, 2.24) is 20.4 Å². The largest absolute Gasteiger partial charge is 0.453 e. The maximum atomic E-state index is 11.9. The number of rotatable bonds is 5. The van der Waals surface area contributed by atoms with E-state index < -0.39 is 6.09 Å². The van der Waals surface area contributed by atoms with E-state index >= 15 is 0 Å². The molecule has 1 unspecified atom stereocenters. The molecule has 2 atom stereocenters. The van der Waals surface area contributed by atoms with Crippen LogP contribution >= 0.6 is 11.6 Å². The average molecular weight is 447 g/mol. The highest BCUT2D eigenvalue weighted by molar-refractivity contribution is 6.32. The molecular weight excluding hydrogens is 420 g/mol. The summed E-state index contributed by atoms with van der Waals surface area (Å²) in [5.41, 5.74) is 9.23. The number of urea groups is 1. The molecule has 1 aromatic carbocycles. The quantitative estimate of drug-likeness (QED) is 0.646. The zero-order valence-corrected chi connectivity index (χ0v) is 18.4. The van der Waals surface area contributed by atoms with E-state index in [2.05, 4.69) is 25.6 Å². The Morgan fingerprint density at radius 1 is 1.32 bits per heavy atom. The minimum Gasteiger partial charge on any atom is -0.453 e. The topological polar surface area (TPSA) is 122 Å². The third-order valence-electron chi connectivity index (χ3n) is 5.38. The molecule has 1 fully saturated rings. The Bertz CT molecular complexity index is 924. The van der Waals surface area contributed by atoms with Gasteiger partial charge in [0.05, 0.1) is 12.8 Å². The predicted octanol–water partition coefficient (Wildman–Crippen LogP) is 3.42. The van der Waals surface area contributed by atoms with Crippen molar-refractivity contribution >= 4 is 29.4 Å². The number of nitrogens with zero attached hydrogens (tertiary/aromatic N) is 3. The minimum atomic E-state index is -0.540. The first-order valence-electron chi connectivity index (χ1n) is 10.1. The molecule has 4 N–H and O–H groups in total. The summed E-state index contributed by atoms with van der Waals surface area (Å²) in [6, 6.07) is 8.62. The van der Waals surface area contributed by atoms with Crippen LogP contribution in [0.25, 0.3) is 11.1 Å². The van der Waals surface area contributed by atoms with E-state index in [9.17, 15) is 9.59 Å². The van der Waals surface area contributed by atoms with Crippen LogP contribution in [0, 0.1) is 5.92 Å². The summed E-state index contributed by atoms with van der Waals surface area (Å²) in [5.74, 6) is 0.297. The van der Waals surface area contributed by atoms with Crippen molar-refractivity contribution < 1.29 is 14.3 Å². The minimum absolute atomic E-state index is 0.0584. The Morgan fingerprint density at radius 2 is 2.06 bits per heavy atom. The highest BCUT2D eigenvalue weighted by atomic mass is 35.5. The van der Waals surface area contributed by atoms with Crippen LogP contribution in [0.3, 0.4) is 0 Å². The van der Waals surface area contributed by atoms with E-state index in [1.165, 1.54) is 7.11 Å². The lowest BCUT2D eigenvalue weighted by atomic mass is 9.90. The third-order valence-corrected chi connectivity index (χ3v) is 5.66. The van der Waals surface area contributed by atoms with E-state index in [1.54, 1.807) is 19.2 Å². The molecule has 2 heterocycles. The van der Waals surface area contributed by atoms with E-state index in [0.717, 1.165) is 24.9 Å². The number of hydrogen-bond donors (Lipinski definition) is 3. The van der Waals surface area contributed by atoms with Gasteiger partial charge in [0.2, 0.25) is 0 Å². The number of nitrogens with one attached hydrogen (secondary N) is 2. The number of benzene rings is 1. The summed E-state index contributed by atoms with van der Waals surface area (Å²) in [6.45, 7) is 1.44. The Morgan fingerprint density at radius 3 is 2.74 bits per heavy atom. The van der Waals surface area contributed by atoms with Crippen molar-refractivity contribution in [2.75, 3.05) is 32.6 Å². The lowest BCUT2D eigenvalue weighted by Gasteiger charge is -2.33. The van der Waals surface area contributed by atoms with Gasteiger partial charge in [0.15, 0.2) is 5.15 Å². The van der Waals surface area contributed by atoms with Gasteiger partial charge in [0, 0.05) is 37.4 Å². The van der Waals surface area contributed by atoms with Crippen molar-refractivity contribution in [1.29, 1.82) is 0 Å². The summed E-state index contributed by atoms with van der Waals surface area (Å²) < 4.78 is 4.59. The highest BCUT2D eigenvalue weighted by Crippen LogP contribution is 2.31. The van der Waals surface area contributed by atoms with Gasteiger partial charge in [0.1, 0.15) is 0 Å². The van der Waals surface area contributed by atoms with Crippen LogP contribution in [-0.4, -0.2) is 54.5 Å². The van der Waals surface area contributed by atoms with E-state index in [1.807, 2.05) is 23.1 Å². The molecule has 0 bridgehead atoms. The summed E-state index contributed by atoms with van der Waals surface area (Å²) in [5, 5.41) is 13.8. The number of carbonyl (C=O) groups excluding carboxylic acids is 2. The molecule has 3 amide bonds. The van der Waals surface area contributed by atoms with Crippen LogP contribution in [0.4, 0.5) is 15.3 Å². The van der Waals surface area contributed by atoms with Gasteiger partial charge in [-0.2, -0.15) is 5.10 Å². The van der Waals surface area contributed by atoms with E-state index in [-0.39, 0.29) is 17.2 Å². The number of likely N-dealkylation sites (tertiary alicyclic amines) is 1. The van der Waals surface area contributed by atoms with Crippen molar-refractivity contribution in [2.45, 2.75) is 25.3 Å². The Labute approximate surface area is 186 Å². The van der Waals surface area contributed by atoms with Gasteiger partial charge in [-0.3, -0.25) is 5.32 Å². The van der Waals surface area contributed by atoms with Crippen LogP contribution in [0.1, 0.15) is 31.0 Å². The monoisotopic (exact) mass is 446 g/mol. The average Bonchev–Trinajstić information content (AvgIpc) is 2.79. The number of methoxy groups -OCH3 is 1. The molecule has 2 aromatic rings. The number of hydrogen-bond acceptors (Lipinski definition) is 6. The summed E-state index contributed by atoms with van der Waals surface area (Å²) in [7, 11) is 2.95. The number of anilines is 1. The fourth-order valence-electron chi connectivity index (χ4n) is 3.76. The first kappa shape index (κ1) is 22.8. The summed E-state index contributed by atoms with van der Waals surface area (Å²) in [6.07, 6.45) is 2.13. The summed E-state index contributed by atoms with van der Waals surface area (Å²) in [4.78, 5) is 25.1. The second-order valence-electron chi connectivity index (χ2n) is 7.52. The fourth-order valence-corrected chi connectivity index (χ4v) is 3.96. The van der Waals surface area contributed by atoms with Gasteiger partial charge in [-0.1, -0.05) is 23.7 Å². The van der Waals surface area contributed by atoms with Crippen LogP contribution in [0.15, 0.2) is 30.3 Å². The summed E-state index contributed by atoms with van der Waals surface area (Å²) >= 11 is 6.29. The molecular formula is C21H27ClN6O3. The highest BCUT2D eigenvalue weighted by Gasteiger charge is 2.25. The second-order valence-corrected chi connectivity index (χ2v) is 7.88. The molecule has 166 valence electrons. The maximum absolute atomic E-state index is 11.9. The van der Waals surface area contributed by atoms with Gasteiger partial charge >= 0.3 is 12.1 Å². The lowest BCUT2D eigenvalue weighted by molar-refractivity contribution is 0.161. The molecule has 1 aliphatic rings. The Hall–Kier alpha value is -2.91. The fraction of sp³-hybridized carbons (Fsp3) is 0.429. The number of piperidine rings is 1. The van der Waals surface area contributed by atoms with Crippen molar-refractivity contribution in [3.8, 4) is 11.1 Å². The molecule has 3 rings (SSSR count). The number of aromatic nitrogens is 2. The zero-order valence-electron chi connectivity index (χ0n) is 17.6. The Balaban J connectivity index is 1.71. The predicted molar refractivity (Wildman–Crippen MR) is 119 cm³/mol. The smallest absolute Gasteiger partial charge is 0.411 e. The molecule has 1 aliphatic heterocycles. The first-order valence-corrected chi connectivity index (χ1v) is 10.5. The molecule has 9 nitrogen and oxygen atoms in total.